The van der Waals surface area contributed by atoms with E-state index < -0.39 is 11.9 Å². The SMILES string of the molecule is COc1ccc(OC)c(CNC(CO)c2ccc(Cl)c(F)c2)c1. The standard InChI is InChI=1S/C17H19ClFNO3/c1-22-13-4-6-17(23-2)12(7-13)9-20-16(10-21)11-3-5-14(18)15(19)8-11/h3-8,16,20-21H,9-10H2,1-2H3. The van der Waals surface area contributed by atoms with Gasteiger partial charge in [-0.05, 0) is 35.9 Å². The predicted molar refractivity (Wildman–Crippen MR) is 87.6 cm³/mol. The maximum Gasteiger partial charge on any atom is 0.142 e. The third-order valence-corrected chi connectivity index (χ3v) is 3.86. The van der Waals surface area contributed by atoms with Crippen LogP contribution in [0.2, 0.25) is 5.02 Å². The van der Waals surface area contributed by atoms with E-state index in [1.54, 1.807) is 26.4 Å². The van der Waals surface area contributed by atoms with Crippen LogP contribution in [0.3, 0.4) is 0 Å². The molecule has 1 atom stereocenters. The average Bonchev–Trinajstić information content (AvgIpc) is 2.58. The summed E-state index contributed by atoms with van der Waals surface area (Å²) in [6, 6.07) is 9.52. The Hall–Kier alpha value is -1.82. The van der Waals surface area contributed by atoms with Crippen LogP contribution < -0.4 is 14.8 Å². The van der Waals surface area contributed by atoms with E-state index >= 15 is 0 Å². The number of rotatable bonds is 7. The van der Waals surface area contributed by atoms with Crippen LogP contribution in [0, 0.1) is 5.82 Å². The van der Waals surface area contributed by atoms with Crippen LogP contribution in [0.4, 0.5) is 4.39 Å². The summed E-state index contributed by atoms with van der Waals surface area (Å²) in [5.74, 6) is 0.904. The second-order valence-corrected chi connectivity index (χ2v) is 5.37. The molecule has 4 nitrogen and oxygen atoms in total. The molecule has 0 bridgehead atoms. The molecule has 0 aliphatic heterocycles. The fraction of sp³-hybridized carbons (Fsp3) is 0.294. The molecule has 2 aromatic rings. The summed E-state index contributed by atoms with van der Waals surface area (Å²) in [5.41, 5.74) is 1.50. The number of hydrogen-bond acceptors (Lipinski definition) is 4. The molecule has 0 saturated carbocycles. The van der Waals surface area contributed by atoms with E-state index in [1.807, 2.05) is 12.1 Å². The topological polar surface area (TPSA) is 50.7 Å². The summed E-state index contributed by atoms with van der Waals surface area (Å²) in [6.45, 7) is 0.253. The van der Waals surface area contributed by atoms with Crippen molar-refractivity contribution in [2.45, 2.75) is 12.6 Å². The summed E-state index contributed by atoms with van der Waals surface area (Å²) in [5, 5.41) is 12.8. The Bertz CT molecular complexity index is 666. The zero-order valence-corrected chi connectivity index (χ0v) is 13.7. The first-order valence-electron chi connectivity index (χ1n) is 7.09. The van der Waals surface area contributed by atoms with Crippen molar-refractivity contribution in [3.63, 3.8) is 0 Å². The predicted octanol–water partition coefficient (Wildman–Crippen LogP) is 3.32. The van der Waals surface area contributed by atoms with Crippen molar-refractivity contribution in [3.8, 4) is 11.5 Å². The molecule has 0 aliphatic carbocycles. The minimum absolute atomic E-state index is 0.0555. The first kappa shape index (κ1) is 17.5. The normalized spacial score (nSPS) is 12.0. The van der Waals surface area contributed by atoms with Gasteiger partial charge in [-0.1, -0.05) is 17.7 Å². The van der Waals surface area contributed by atoms with Crippen molar-refractivity contribution in [1.29, 1.82) is 0 Å². The van der Waals surface area contributed by atoms with E-state index in [-0.39, 0.29) is 11.6 Å². The highest BCUT2D eigenvalue weighted by Gasteiger charge is 2.14. The van der Waals surface area contributed by atoms with E-state index in [2.05, 4.69) is 5.32 Å². The van der Waals surface area contributed by atoms with Gasteiger partial charge in [0.2, 0.25) is 0 Å². The highest BCUT2D eigenvalue weighted by atomic mass is 35.5. The van der Waals surface area contributed by atoms with Gasteiger partial charge in [-0.3, -0.25) is 0 Å². The first-order valence-corrected chi connectivity index (χ1v) is 7.47. The second kappa shape index (κ2) is 8.15. The molecular formula is C17H19ClFNO3. The lowest BCUT2D eigenvalue weighted by molar-refractivity contribution is 0.243. The Labute approximate surface area is 139 Å². The average molecular weight is 340 g/mol. The van der Waals surface area contributed by atoms with Gasteiger partial charge in [-0.2, -0.15) is 0 Å². The summed E-state index contributed by atoms with van der Waals surface area (Å²) in [6.07, 6.45) is 0. The minimum atomic E-state index is -0.511. The molecule has 0 aliphatic rings. The molecule has 2 aromatic carbocycles. The Balaban J connectivity index is 2.15. The number of benzene rings is 2. The molecule has 0 amide bonds. The van der Waals surface area contributed by atoms with Crippen molar-refractivity contribution in [2.24, 2.45) is 0 Å². The lowest BCUT2D eigenvalue weighted by Gasteiger charge is -2.18. The number of aliphatic hydroxyl groups excluding tert-OH is 1. The Morgan fingerprint density at radius 2 is 1.96 bits per heavy atom. The Kier molecular flexibility index (Phi) is 6.21. The van der Waals surface area contributed by atoms with E-state index in [4.69, 9.17) is 21.1 Å². The highest BCUT2D eigenvalue weighted by molar-refractivity contribution is 6.30. The summed E-state index contributed by atoms with van der Waals surface area (Å²) in [4.78, 5) is 0. The van der Waals surface area contributed by atoms with E-state index in [9.17, 15) is 9.50 Å². The maximum absolute atomic E-state index is 13.6. The summed E-state index contributed by atoms with van der Waals surface area (Å²) < 4.78 is 24.1. The second-order valence-electron chi connectivity index (χ2n) is 4.97. The zero-order chi connectivity index (χ0) is 16.8. The lowest BCUT2D eigenvalue weighted by Crippen LogP contribution is -2.24. The molecule has 23 heavy (non-hydrogen) atoms. The molecule has 2 N–H and O–H groups in total. The molecule has 2 rings (SSSR count). The summed E-state index contributed by atoms with van der Waals surface area (Å²) in [7, 11) is 3.18. The van der Waals surface area contributed by atoms with Gasteiger partial charge in [-0.15, -0.1) is 0 Å². The molecule has 124 valence electrons. The van der Waals surface area contributed by atoms with E-state index in [1.165, 1.54) is 12.1 Å². The van der Waals surface area contributed by atoms with Gasteiger partial charge in [0, 0.05) is 12.1 Å². The molecule has 0 heterocycles. The largest absolute Gasteiger partial charge is 0.497 e. The third kappa shape index (κ3) is 4.34. The summed E-state index contributed by atoms with van der Waals surface area (Å²) >= 11 is 5.69. The van der Waals surface area contributed by atoms with Crippen LogP contribution in [0.25, 0.3) is 0 Å². The van der Waals surface area contributed by atoms with Gasteiger partial charge < -0.3 is 19.9 Å². The number of ether oxygens (including phenoxy) is 2. The van der Waals surface area contributed by atoms with Gasteiger partial charge in [-0.25, -0.2) is 4.39 Å². The smallest absolute Gasteiger partial charge is 0.142 e. The van der Waals surface area contributed by atoms with Gasteiger partial charge >= 0.3 is 0 Å². The molecule has 6 heteroatoms. The van der Waals surface area contributed by atoms with Gasteiger partial charge in [0.15, 0.2) is 0 Å². The number of aliphatic hydroxyl groups is 1. The Morgan fingerprint density at radius 1 is 1.17 bits per heavy atom. The van der Waals surface area contributed by atoms with Crippen molar-refractivity contribution in [3.05, 3.63) is 58.4 Å². The van der Waals surface area contributed by atoms with Gasteiger partial charge in [0.1, 0.15) is 17.3 Å². The molecule has 0 fully saturated rings. The molecular weight excluding hydrogens is 321 g/mol. The quantitative estimate of drug-likeness (QED) is 0.812. The Morgan fingerprint density at radius 3 is 2.57 bits per heavy atom. The van der Waals surface area contributed by atoms with Crippen molar-refractivity contribution in [1.82, 2.24) is 5.32 Å². The molecule has 0 saturated heterocycles. The van der Waals surface area contributed by atoms with Crippen LogP contribution in [-0.4, -0.2) is 25.9 Å². The molecule has 0 spiro atoms. The van der Waals surface area contributed by atoms with E-state index in [0.29, 0.717) is 23.6 Å². The van der Waals surface area contributed by atoms with Crippen molar-refractivity contribution >= 4 is 11.6 Å². The van der Waals surface area contributed by atoms with Crippen molar-refractivity contribution in [2.75, 3.05) is 20.8 Å². The third-order valence-electron chi connectivity index (χ3n) is 3.56. The van der Waals surface area contributed by atoms with Crippen LogP contribution in [0.1, 0.15) is 17.2 Å². The monoisotopic (exact) mass is 339 g/mol. The number of nitrogens with one attached hydrogen (secondary N) is 1. The van der Waals surface area contributed by atoms with Crippen LogP contribution >= 0.6 is 11.6 Å². The van der Waals surface area contributed by atoms with Gasteiger partial charge in [0.05, 0.1) is 31.9 Å². The minimum Gasteiger partial charge on any atom is -0.497 e. The zero-order valence-electron chi connectivity index (χ0n) is 13.0. The highest BCUT2D eigenvalue weighted by Crippen LogP contribution is 2.25. The number of halogens is 2. The van der Waals surface area contributed by atoms with Gasteiger partial charge in [0.25, 0.3) is 0 Å². The molecule has 0 radical (unpaired) electrons. The fourth-order valence-electron chi connectivity index (χ4n) is 2.27. The first-order chi connectivity index (χ1) is 11.1. The van der Waals surface area contributed by atoms with Crippen LogP contribution in [-0.2, 0) is 6.54 Å². The number of hydrogen-bond donors (Lipinski definition) is 2. The van der Waals surface area contributed by atoms with E-state index in [0.717, 1.165) is 5.56 Å². The number of methoxy groups -OCH3 is 2. The van der Waals surface area contributed by atoms with Crippen molar-refractivity contribution < 1.29 is 19.0 Å². The van der Waals surface area contributed by atoms with Crippen LogP contribution in [0.5, 0.6) is 11.5 Å². The molecule has 1 unspecified atom stereocenters. The fourth-order valence-corrected chi connectivity index (χ4v) is 2.39. The molecule has 0 aromatic heterocycles. The maximum atomic E-state index is 13.6. The lowest BCUT2D eigenvalue weighted by atomic mass is 10.1. The van der Waals surface area contributed by atoms with Crippen LogP contribution in [0.15, 0.2) is 36.4 Å².